The molecule has 0 fully saturated rings. The first-order valence-electron chi connectivity index (χ1n) is 6.23. The number of hydrogen-bond acceptors (Lipinski definition) is 4. The maximum absolute atomic E-state index is 13.5. The van der Waals surface area contributed by atoms with Gasteiger partial charge in [-0.1, -0.05) is 11.8 Å². The van der Waals surface area contributed by atoms with Gasteiger partial charge in [-0.25, -0.2) is 4.39 Å². The van der Waals surface area contributed by atoms with Crippen molar-refractivity contribution in [3.8, 4) is 11.8 Å². The molecule has 0 saturated heterocycles. The predicted octanol–water partition coefficient (Wildman–Crippen LogP) is 1.86. The summed E-state index contributed by atoms with van der Waals surface area (Å²) in [6, 6.07) is 3.28. The van der Waals surface area contributed by atoms with Gasteiger partial charge in [0.1, 0.15) is 0 Å². The van der Waals surface area contributed by atoms with E-state index in [1.165, 1.54) is 28.5 Å². The van der Waals surface area contributed by atoms with E-state index >= 15 is 0 Å². The van der Waals surface area contributed by atoms with Gasteiger partial charge in [-0.3, -0.25) is 9.78 Å². The van der Waals surface area contributed by atoms with Crippen LogP contribution in [0.15, 0.2) is 29.9 Å². The quantitative estimate of drug-likeness (QED) is 0.881. The normalized spacial score (nSPS) is 9.86. The van der Waals surface area contributed by atoms with Crippen LogP contribution < -0.4 is 5.73 Å². The molecular formula is C15H14FN3OS. The molecule has 1 amide bonds. The van der Waals surface area contributed by atoms with Crippen molar-refractivity contribution in [2.45, 2.75) is 6.54 Å². The highest BCUT2D eigenvalue weighted by molar-refractivity contribution is 7.10. The molecule has 108 valence electrons. The van der Waals surface area contributed by atoms with Crippen molar-refractivity contribution in [1.29, 1.82) is 0 Å². The summed E-state index contributed by atoms with van der Waals surface area (Å²) in [5.74, 6) is 4.71. The minimum atomic E-state index is -0.616. The third-order valence-electron chi connectivity index (χ3n) is 2.73. The van der Waals surface area contributed by atoms with Gasteiger partial charge in [-0.15, -0.1) is 11.3 Å². The molecule has 2 heterocycles. The fourth-order valence-electron chi connectivity index (χ4n) is 1.74. The molecule has 0 aromatic carbocycles. The molecular weight excluding hydrogens is 289 g/mol. The van der Waals surface area contributed by atoms with E-state index < -0.39 is 5.82 Å². The fourth-order valence-corrected chi connectivity index (χ4v) is 2.61. The second-order valence-electron chi connectivity index (χ2n) is 4.32. The van der Waals surface area contributed by atoms with Gasteiger partial charge in [-0.05, 0) is 12.1 Å². The van der Waals surface area contributed by atoms with Crippen molar-refractivity contribution in [2.75, 3.05) is 13.6 Å². The van der Waals surface area contributed by atoms with Crippen molar-refractivity contribution in [3.05, 3.63) is 51.7 Å². The Bertz CT molecular complexity index is 702. The van der Waals surface area contributed by atoms with E-state index in [0.29, 0.717) is 13.1 Å². The SMILES string of the molecule is CN(Cc1cc(C#CCN)cs1)C(=O)c1ccncc1F. The number of carbonyl (C=O) groups excluding carboxylic acids is 1. The van der Waals surface area contributed by atoms with Gasteiger partial charge in [-0.2, -0.15) is 0 Å². The van der Waals surface area contributed by atoms with Crippen LogP contribution in [0.25, 0.3) is 0 Å². The van der Waals surface area contributed by atoms with Crippen LogP contribution >= 0.6 is 11.3 Å². The zero-order valence-electron chi connectivity index (χ0n) is 11.5. The monoisotopic (exact) mass is 303 g/mol. The van der Waals surface area contributed by atoms with Gasteiger partial charge in [0.05, 0.1) is 24.8 Å². The molecule has 0 saturated carbocycles. The summed E-state index contributed by atoms with van der Waals surface area (Å²) in [5.41, 5.74) is 6.21. The number of nitrogens with zero attached hydrogens (tertiary/aromatic N) is 2. The van der Waals surface area contributed by atoms with E-state index in [2.05, 4.69) is 16.8 Å². The van der Waals surface area contributed by atoms with Crippen molar-refractivity contribution in [2.24, 2.45) is 5.73 Å². The van der Waals surface area contributed by atoms with Gasteiger partial charge < -0.3 is 10.6 Å². The van der Waals surface area contributed by atoms with Crippen molar-refractivity contribution in [3.63, 3.8) is 0 Å². The highest BCUT2D eigenvalue weighted by Gasteiger charge is 2.16. The first-order chi connectivity index (χ1) is 10.1. The maximum Gasteiger partial charge on any atom is 0.257 e. The van der Waals surface area contributed by atoms with Gasteiger partial charge in [0, 0.05) is 29.1 Å². The zero-order valence-corrected chi connectivity index (χ0v) is 12.3. The van der Waals surface area contributed by atoms with Crippen LogP contribution in [0.3, 0.4) is 0 Å². The lowest BCUT2D eigenvalue weighted by molar-refractivity contribution is 0.0781. The number of halogens is 1. The van der Waals surface area contributed by atoms with Gasteiger partial charge in [0.15, 0.2) is 5.82 Å². The highest BCUT2D eigenvalue weighted by atomic mass is 32.1. The Morgan fingerprint density at radius 2 is 2.38 bits per heavy atom. The summed E-state index contributed by atoms with van der Waals surface area (Å²) in [7, 11) is 1.63. The van der Waals surface area contributed by atoms with Gasteiger partial charge >= 0.3 is 0 Å². The zero-order chi connectivity index (χ0) is 15.2. The standard InChI is InChI=1S/C15H14FN3OS/c1-19(15(20)13-4-6-18-8-14(13)16)9-12-7-11(10-21-12)3-2-5-17/h4,6-8,10H,5,9,17H2,1H3. The molecule has 6 heteroatoms. The molecule has 2 N–H and O–H groups in total. The molecule has 2 aromatic heterocycles. The summed E-state index contributed by atoms with van der Waals surface area (Å²) in [6.07, 6.45) is 2.43. The third kappa shape index (κ3) is 3.88. The second-order valence-corrected chi connectivity index (χ2v) is 5.32. The van der Waals surface area contributed by atoms with Crippen molar-refractivity contribution < 1.29 is 9.18 Å². The Kier molecular flexibility index (Phi) is 5.04. The topological polar surface area (TPSA) is 59.2 Å². The molecule has 0 aliphatic carbocycles. The molecule has 0 aliphatic heterocycles. The van der Waals surface area contributed by atoms with E-state index in [-0.39, 0.29) is 11.5 Å². The van der Waals surface area contributed by atoms with E-state index in [1.54, 1.807) is 7.05 Å². The van der Waals surface area contributed by atoms with E-state index in [1.807, 2.05) is 11.4 Å². The number of aromatic nitrogens is 1. The van der Waals surface area contributed by atoms with Crippen LogP contribution in [0.5, 0.6) is 0 Å². The molecule has 0 atom stereocenters. The summed E-state index contributed by atoms with van der Waals surface area (Å²) in [6.45, 7) is 0.709. The Morgan fingerprint density at radius 1 is 1.57 bits per heavy atom. The van der Waals surface area contributed by atoms with E-state index in [0.717, 1.165) is 16.6 Å². The Hall–Kier alpha value is -2.23. The number of amides is 1. The van der Waals surface area contributed by atoms with Crippen LogP contribution in [0, 0.1) is 17.7 Å². The van der Waals surface area contributed by atoms with Crippen LogP contribution in [-0.4, -0.2) is 29.4 Å². The van der Waals surface area contributed by atoms with Crippen LogP contribution in [0.2, 0.25) is 0 Å². The first kappa shape index (κ1) is 15.2. The average Bonchev–Trinajstić information content (AvgIpc) is 2.92. The Morgan fingerprint density at radius 3 is 3.10 bits per heavy atom. The lowest BCUT2D eigenvalue weighted by Crippen LogP contribution is -2.26. The molecule has 4 nitrogen and oxygen atoms in total. The number of thiophene rings is 1. The van der Waals surface area contributed by atoms with Crippen LogP contribution in [0.1, 0.15) is 20.8 Å². The molecule has 0 aliphatic rings. The minimum absolute atomic E-state index is 0.0206. The first-order valence-corrected chi connectivity index (χ1v) is 7.11. The number of pyridine rings is 1. The third-order valence-corrected chi connectivity index (χ3v) is 3.65. The minimum Gasteiger partial charge on any atom is -0.336 e. The lowest BCUT2D eigenvalue weighted by atomic mass is 10.2. The average molecular weight is 303 g/mol. The van der Waals surface area contributed by atoms with Gasteiger partial charge in [0.25, 0.3) is 5.91 Å². The molecule has 21 heavy (non-hydrogen) atoms. The predicted molar refractivity (Wildman–Crippen MR) is 80.2 cm³/mol. The van der Waals surface area contributed by atoms with Crippen molar-refractivity contribution >= 4 is 17.2 Å². The fraction of sp³-hybridized carbons (Fsp3) is 0.200. The molecule has 0 bridgehead atoms. The Labute approximate surface area is 126 Å². The molecule has 0 spiro atoms. The number of rotatable bonds is 3. The number of carbonyl (C=O) groups is 1. The van der Waals surface area contributed by atoms with E-state index in [4.69, 9.17) is 5.73 Å². The smallest absolute Gasteiger partial charge is 0.257 e. The van der Waals surface area contributed by atoms with Crippen LogP contribution in [-0.2, 0) is 6.54 Å². The van der Waals surface area contributed by atoms with Crippen molar-refractivity contribution in [1.82, 2.24) is 9.88 Å². The molecule has 2 aromatic rings. The van der Waals surface area contributed by atoms with Gasteiger partial charge in [0.2, 0.25) is 0 Å². The summed E-state index contributed by atoms with van der Waals surface area (Å²) in [5, 5.41) is 1.91. The largest absolute Gasteiger partial charge is 0.336 e. The highest BCUT2D eigenvalue weighted by Crippen LogP contribution is 2.17. The lowest BCUT2D eigenvalue weighted by Gasteiger charge is -2.16. The summed E-state index contributed by atoms with van der Waals surface area (Å²) >= 11 is 1.50. The summed E-state index contributed by atoms with van der Waals surface area (Å²) in [4.78, 5) is 18.2. The Balaban J connectivity index is 2.07. The molecule has 2 rings (SSSR count). The molecule has 0 unspecified atom stereocenters. The second kappa shape index (κ2) is 6.97. The maximum atomic E-state index is 13.5. The number of nitrogens with two attached hydrogens (primary N) is 1. The summed E-state index contributed by atoms with van der Waals surface area (Å²) < 4.78 is 13.5. The van der Waals surface area contributed by atoms with Crippen LogP contribution in [0.4, 0.5) is 4.39 Å². The molecule has 0 radical (unpaired) electrons. The van der Waals surface area contributed by atoms with E-state index in [9.17, 15) is 9.18 Å². The number of hydrogen-bond donors (Lipinski definition) is 1.